The molecule has 2 aromatic rings. The maximum Gasteiger partial charge on any atom is 0.241 e. The molecule has 6 heteroatoms. The summed E-state index contributed by atoms with van der Waals surface area (Å²) in [6.45, 7) is 0.223. The van der Waals surface area contributed by atoms with Crippen molar-refractivity contribution in [1.29, 1.82) is 0 Å². The summed E-state index contributed by atoms with van der Waals surface area (Å²) in [5.41, 5.74) is 1.09. The van der Waals surface area contributed by atoms with Gasteiger partial charge < -0.3 is 5.11 Å². The highest BCUT2D eigenvalue weighted by atomic mass is 32.2. The van der Waals surface area contributed by atoms with E-state index in [0.29, 0.717) is 17.8 Å². The van der Waals surface area contributed by atoms with Crippen LogP contribution in [0, 0.1) is 0 Å². The second kappa shape index (κ2) is 6.29. The molecule has 1 aromatic carbocycles. The molecule has 0 unspecified atom stereocenters. The molecule has 0 saturated heterocycles. The Labute approximate surface area is 116 Å². The molecule has 0 radical (unpaired) electrons. The average molecular weight is 297 g/mol. The van der Waals surface area contributed by atoms with Gasteiger partial charge in [-0.2, -0.15) is 0 Å². The van der Waals surface area contributed by atoms with Crippen molar-refractivity contribution in [1.82, 2.24) is 4.72 Å². The molecule has 0 saturated carbocycles. The number of sulfonamides is 1. The number of thiophene rings is 1. The van der Waals surface area contributed by atoms with Crippen molar-refractivity contribution in [2.24, 2.45) is 0 Å². The van der Waals surface area contributed by atoms with Gasteiger partial charge in [-0.15, -0.1) is 11.3 Å². The summed E-state index contributed by atoms with van der Waals surface area (Å²) >= 11 is 1.24. The SMILES string of the molecule is O=S(=O)(NCCc1ccccc1)c1csc(CO)c1. The minimum absolute atomic E-state index is 0.135. The van der Waals surface area contributed by atoms with Crippen LogP contribution in [0.15, 0.2) is 46.7 Å². The van der Waals surface area contributed by atoms with Gasteiger partial charge in [0.25, 0.3) is 0 Å². The van der Waals surface area contributed by atoms with Gasteiger partial charge in [0.1, 0.15) is 0 Å². The number of hydrogen-bond acceptors (Lipinski definition) is 4. The van der Waals surface area contributed by atoms with Crippen LogP contribution in [0.2, 0.25) is 0 Å². The molecule has 0 aliphatic carbocycles. The number of rotatable bonds is 6. The number of benzene rings is 1. The minimum Gasteiger partial charge on any atom is -0.391 e. The summed E-state index contributed by atoms with van der Waals surface area (Å²) < 4.78 is 26.5. The quantitative estimate of drug-likeness (QED) is 0.854. The second-order valence-corrected chi connectivity index (χ2v) is 6.80. The van der Waals surface area contributed by atoms with Crippen LogP contribution < -0.4 is 4.72 Å². The predicted octanol–water partition coefficient (Wildman–Crippen LogP) is 1.76. The van der Waals surface area contributed by atoms with E-state index in [1.165, 1.54) is 22.8 Å². The topological polar surface area (TPSA) is 66.4 Å². The molecule has 2 N–H and O–H groups in total. The van der Waals surface area contributed by atoms with Crippen molar-refractivity contribution >= 4 is 21.4 Å². The Kier molecular flexibility index (Phi) is 4.71. The first kappa shape index (κ1) is 14.2. The van der Waals surface area contributed by atoms with Crippen molar-refractivity contribution in [2.45, 2.75) is 17.9 Å². The summed E-state index contributed by atoms with van der Waals surface area (Å²) in [6, 6.07) is 11.2. The average Bonchev–Trinajstić information content (AvgIpc) is 2.89. The largest absolute Gasteiger partial charge is 0.391 e. The fourth-order valence-corrected chi connectivity index (χ4v) is 3.81. The molecule has 1 heterocycles. The highest BCUT2D eigenvalue weighted by Gasteiger charge is 2.15. The van der Waals surface area contributed by atoms with Crippen LogP contribution in [0.1, 0.15) is 10.4 Å². The van der Waals surface area contributed by atoms with Crippen molar-refractivity contribution < 1.29 is 13.5 Å². The lowest BCUT2D eigenvalue weighted by atomic mass is 10.2. The first-order valence-electron chi connectivity index (χ1n) is 5.84. The zero-order valence-electron chi connectivity index (χ0n) is 10.2. The van der Waals surface area contributed by atoms with E-state index < -0.39 is 10.0 Å². The minimum atomic E-state index is -3.47. The van der Waals surface area contributed by atoms with Crippen molar-refractivity contribution in [3.63, 3.8) is 0 Å². The number of aliphatic hydroxyl groups is 1. The summed E-state index contributed by atoms with van der Waals surface area (Å²) in [5.74, 6) is 0. The van der Waals surface area contributed by atoms with Crippen LogP contribution in [-0.2, 0) is 23.1 Å². The smallest absolute Gasteiger partial charge is 0.241 e. The Morgan fingerprint density at radius 1 is 1.21 bits per heavy atom. The molecule has 0 aliphatic rings. The van der Waals surface area contributed by atoms with Gasteiger partial charge in [-0.25, -0.2) is 13.1 Å². The number of hydrogen-bond donors (Lipinski definition) is 2. The van der Waals surface area contributed by atoms with Gasteiger partial charge >= 0.3 is 0 Å². The Balaban J connectivity index is 1.94. The van der Waals surface area contributed by atoms with Crippen LogP contribution in [-0.4, -0.2) is 20.1 Å². The Morgan fingerprint density at radius 2 is 1.95 bits per heavy atom. The van der Waals surface area contributed by atoms with Gasteiger partial charge in [-0.05, 0) is 18.1 Å². The highest BCUT2D eigenvalue weighted by molar-refractivity contribution is 7.89. The van der Waals surface area contributed by atoms with E-state index in [1.807, 2.05) is 30.3 Å². The monoisotopic (exact) mass is 297 g/mol. The van der Waals surface area contributed by atoms with E-state index >= 15 is 0 Å². The third-order valence-corrected chi connectivity index (χ3v) is 5.16. The van der Waals surface area contributed by atoms with Crippen molar-refractivity contribution in [3.05, 3.63) is 52.2 Å². The molecular formula is C13H15NO3S2. The summed E-state index contributed by atoms with van der Waals surface area (Å²) in [5, 5.41) is 10.5. The lowest BCUT2D eigenvalue weighted by Gasteiger charge is -2.05. The van der Waals surface area contributed by atoms with Gasteiger partial charge in [-0.3, -0.25) is 0 Å². The van der Waals surface area contributed by atoms with Gasteiger partial charge in [0, 0.05) is 16.8 Å². The van der Waals surface area contributed by atoms with Crippen molar-refractivity contribution in [2.75, 3.05) is 6.54 Å². The van der Waals surface area contributed by atoms with E-state index in [0.717, 1.165) is 5.56 Å². The van der Waals surface area contributed by atoms with Crippen LogP contribution in [0.4, 0.5) is 0 Å². The third kappa shape index (κ3) is 3.87. The first-order valence-corrected chi connectivity index (χ1v) is 8.20. The lowest BCUT2D eigenvalue weighted by Crippen LogP contribution is -2.25. The maximum atomic E-state index is 12.0. The van der Waals surface area contributed by atoms with E-state index in [9.17, 15) is 8.42 Å². The van der Waals surface area contributed by atoms with Gasteiger partial charge in [0.15, 0.2) is 0 Å². The molecule has 0 bridgehead atoms. The second-order valence-electron chi connectivity index (χ2n) is 4.04. The molecule has 102 valence electrons. The molecule has 0 amide bonds. The van der Waals surface area contributed by atoms with Crippen LogP contribution >= 0.6 is 11.3 Å². The zero-order valence-corrected chi connectivity index (χ0v) is 11.9. The molecule has 4 nitrogen and oxygen atoms in total. The van der Waals surface area contributed by atoms with E-state index in [-0.39, 0.29) is 11.5 Å². The molecule has 1 aromatic heterocycles. The Hall–Kier alpha value is -1.21. The van der Waals surface area contributed by atoms with Gasteiger partial charge in [0.2, 0.25) is 10.0 Å². The van der Waals surface area contributed by atoms with Crippen LogP contribution in [0.3, 0.4) is 0 Å². The summed E-state index contributed by atoms with van der Waals surface area (Å²) in [4.78, 5) is 0.859. The van der Waals surface area contributed by atoms with Crippen LogP contribution in [0.5, 0.6) is 0 Å². The number of aliphatic hydroxyl groups excluding tert-OH is 1. The Morgan fingerprint density at radius 3 is 2.58 bits per heavy atom. The van der Waals surface area contributed by atoms with E-state index in [2.05, 4.69) is 4.72 Å². The molecule has 19 heavy (non-hydrogen) atoms. The standard InChI is InChI=1S/C13H15NO3S2/c15-9-12-8-13(10-18-12)19(16,17)14-7-6-11-4-2-1-3-5-11/h1-5,8,10,14-15H,6-7,9H2. The third-order valence-electron chi connectivity index (χ3n) is 2.64. The summed E-state index contributed by atoms with van der Waals surface area (Å²) in [7, 11) is -3.47. The highest BCUT2D eigenvalue weighted by Crippen LogP contribution is 2.18. The lowest BCUT2D eigenvalue weighted by molar-refractivity contribution is 0.285. The molecule has 0 atom stereocenters. The van der Waals surface area contributed by atoms with E-state index in [4.69, 9.17) is 5.11 Å². The fourth-order valence-electron chi connectivity index (χ4n) is 1.64. The number of nitrogens with one attached hydrogen (secondary N) is 1. The molecule has 0 fully saturated rings. The molecular weight excluding hydrogens is 282 g/mol. The van der Waals surface area contributed by atoms with Gasteiger partial charge in [0.05, 0.1) is 11.5 Å². The normalized spacial score (nSPS) is 11.6. The fraction of sp³-hybridized carbons (Fsp3) is 0.231. The first-order chi connectivity index (χ1) is 9.12. The van der Waals surface area contributed by atoms with Gasteiger partial charge in [-0.1, -0.05) is 30.3 Å². The molecule has 0 spiro atoms. The zero-order chi connectivity index (χ0) is 13.7. The maximum absolute atomic E-state index is 12.0. The van der Waals surface area contributed by atoms with Crippen LogP contribution in [0.25, 0.3) is 0 Å². The summed E-state index contributed by atoms with van der Waals surface area (Å²) in [6.07, 6.45) is 0.650. The van der Waals surface area contributed by atoms with E-state index in [1.54, 1.807) is 0 Å². The molecule has 0 aliphatic heterocycles. The molecule has 2 rings (SSSR count). The Bertz CT molecular complexity index is 620. The predicted molar refractivity (Wildman–Crippen MR) is 75.6 cm³/mol. The van der Waals surface area contributed by atoms with Crippen molar-refractivity contribution in [3.8, 4) is 0 Å².